The highest BCUT2D eigenvalue weighted by atomic mass is 35.5. The fourth-order valence-electron chi connectivity index (χ4n) is 3.79. The molecule has 1 saturated heterocycles. The second-order valence-corrected chi connectivity index (χ2v) is 8.21. The van der Waals surface area contributed by atoms with Crippen LogP contribution in [0.1, 0.15) is 22.8 Å². The van der Waals surface area contributed by atoms with Crippen LogP contribution in [0.15, 0.2) is 54.9 Å². The SMILES string of the molecule is COc1cc(C)ccc1Oc1cc(N2CCN(C(=O)c3cccc(Cl)c3)[C@@H](C)C2)ncn1. The molecule has 1 atom stereocenters. The Bertz CT molecular complexity index is 1120. The Morgan fingerprint density at radius 3 is 2.69 bits per heavy atom. The molecule has 0 saturated carbocycles. The topological polar surface area (TPSA) is 67.8 Å². The molecule has 1 fully saturated rings. The highest BCUT2D eigenvalue weighted by molar-refractivity contribution is 6.30. The van der Waals surface area contributed by atoms with Crippen LogP contribution < -0.4 is 14.4 Å². The number of piperazine rings is 1. The van der Waals surface area contributed by atoms with E-state index >= 15 is 0 Å². The normalized spacial score (nSPS) is 16.1. The second-order valence-electron chi connectivity index (χ2n) is 7.77. The zero-order valence-corrected chi connectivity index (χ0v) is 19.0. The smallest absolute Gasteiger partial charge is 0.254 e. The summed E-state index contributed by atoms with van der Waals surface area (Å²) < 4.78 is 11.4. The van der Waals surface area contributed by atoms with Gasteiger partial charge < -0.3 is 19.3 Å². The van der Waals surface area contributed by atoms with Crippen molar-refractivity contribution in [3.05, 3.63) is 71.0 Å². The highest BCUT2D eigenvalue weighted by Crippen LogP contribution is 2.32. The summed E-state index contributed by atoms with van der Waals surface area (Å²) in [6.45, 7) is 5.91. The van der Waals surface area contributed by atoms with Gasteiger partial charge in [-0.3, -0.25) is 4.79 Å². The van der Waals surface area contributed by atoms with E-state index in [1.54, 1.807) is 37.4 Å². The Labute approximate surface area is 192 Å². The standard InChI is InChI=1S/C24H25ClN4O3/c1-16-7-8-20(21(11-16)31-3)32-23-13-22(26-15-27-23)28-9-10-29(17(2)14-28)24(30)18-5-4-6-19(25)12-18/h4-8,11-13,15,17H,9-10,14H2,1-3H3/t17-/m0/s1. The quantitative estimate of drug-likeness (QED) is 0.564. The molecule has 0 unspecified atom stereocenters. The van der Waals surface area contributed by atoms with Gasteiger partial charge >= 0.3 is 0 Å². The number of aromatic nitrogens is 2. The molecular formula is C24H25ClN4O3. The Balaban J connectivity index is 1.46. The fraction of sp³-hybridized carbons (Fsp3) is 0.292. The van der Waals surface area contributed by atoms with Crippen molar-refractivity contribution in [1.82, 2.24) is 14.9 Å². The predicted molar refractivity (Wildman–Crippen MR) is 124 cm³/mol. The van der Waals surface area contributed by atoms with Crippen LogP contribution in [0.4, 0.5) is 5.82 Å². The fourth-order valence-corrected chi connectivity index (χ4v) is 3.98. The summed E-state index contributed by atoms with van der Waals surface area (Å²) in [7, 11) is 1.61. The number of rotatable bonds is 5. The third kappa shape index (κ3) is 4.78. The number of aryl methyl sites for hydroxylation is 1. The molecule has 3 aromatic rings. The third-order valence-electron chi connectivity index (χ3n) is 5.45. The van der Waals surface area contributed by atoms with E-state index in [-0.39, 0.29) is 11.9 Å². The van der Waals surface area contributed by atoms with E-state index < -0.39 is 0 Å². The van der Waals surface area contributed by atoms with Crippen LogP contribution in [0.5, 0.6) is 17.4 Å². The average molecular weight is 453 g/mol. The number of hydrogen-bond acceptors (Lipinski definition) is 6. The highest BCUT2D eigenvalue weighted by Gasteiger charge is 2.29. The Kier molecular flexibility index (Phi) is 6.46. The van der Waals surface area contributed by atoms with E-state index in [1.165, 1.54) is 6.33 Å². The molecule has 0 bridgehead atoms. The molecule has 32 heavy (non-hydrogen) atoms. The molecule has 0 radical (unpaired) electrons. The molecule has 166 valence electrons. The first kappa shape index (κ1) is 21.9. The minimum atomic E-state index is -0.0159. The summed E-state index contributed by atoms with van der Waals surface area (Å²) in [5.41, 5.74) is 1.68. The maximum absolute atomic E-state index is 12.9. The number of anilines is 1. The molecule has 8 heteroatoms. The first-order chi connectivity index (χ1) is 15.4. The summed E-state index contributed by atoms with van der Waals surface area (Å²) in [5, 5.41) is 0.556. The molecular weight excluding hydrogens is 428 g/mol. The monoisotopic (exact) mass is 452 g/mol. The Morgan fingerprint density at radius 2 is 1.94 bits per heavy atom. The number of carbonyl (C=O) groups excluding carboxylic acids is 1. The van der Waals surface area contributed by atoms with E-state index in [9.17, 15) is 4.79 Å². The van der Waals surface area contributed by atoms with Gasteiger partial charge in [-0.15, -0.1) is 0 Å². The third-order valence-corrected chi connectivity index (χ3v) is 5.68. The van der Waals surface area contributed by atoms with Gasteiger partial charge in [0.1, 0.15) is 12.1 Å². The minimum Gasteiger partial charge on any atom is -0.493 e. The van der Waals surface area contributed by atoms with Gasteiger partial charge in [0.15, 0.2) is 11.5 Å². The molecule has 1 aliphatic heterocycles. The molecule has 1 aliphatic rings. The lowest BCUT2D eigenvalue weighted by molar-refractivity contribution is 0.0673. The Hall–Kier alpha value is -3.32. The lowest BCUT2D eigenvalue weighted by Gasteiger charge is -2.40. The van der Waals surface area contributed by atoms with Crippen LogP contribution >= 0.6 is 11.6 Å². The largest absolute Gasteiger partial charge is 0.493 e. The molecule has 1 aromatic heterocycles. The molecule has 0 aliphatic carbocycles. The van der Waals surface area contributed by atoms with Crippen molar-refractivity contribution < 1.29 is 14.3 Å². The van der Waals surface area contributed by atoms with Gasteiger partial charge in [-0.2, -0.15) is 0 Å². The van der Waals surface area contributed by atoms with Crippen LogP contribution in [-0.2, 0) is 0 Å². The van der Waals surface area contributed by atoms with E-state index in [1.807, 2.05) is 36.9 Å². The number of halogens is 1. The Morgan fingerprint density at radius 1 is 1.09 bits per heavy atom. The summed E-state index contributed by atoms with van der Waals surface area (Å²) in [6, 6.07) is 14.6. The maximum atomic E-state index is 12.9. The first-order valence-corrected chi connectivity index (χ1v) is 10.8. The van der Waals surface area contributed by atoms with Crippen LogP contribution in [0.3, 0.4) is 0 Å². The number of amides is 1. The van der Waals surface area contributed by atoms with E-state index in [0.29, 0.717) is 47.6 Å². The van der Waals surface area contributed by atoms with Crippen LogP contribution in [0.2, 0.25) is 5.02 Å². The van der Waals surface area contributed by atoms with Gasteiger partial charge in [-0.25, -0.2) is 9.97 Å². The van der Waals surface area contributed by atoms with Crippen molar-refractivity contribution in [2.45, 2.75) is 19.9 Å². The van der Waals surface area contributed by atoms with Crippen molar-refractivity contribution in [3.8, 4) is 17.4 Å². The van der Waals surface area contributed by atoms with Gasteiger partial charge in [0.25, 0.3) is 5.91 Å². The van der Waals surface area contributed by atoms with Crippen LogP contribution in [-0.4, -0.2) is 53.6 Å². The predicted octanol–water partition coefficient (Wildman–Crippen LogP) is 4.59. The van der Waals surface area contributed by atoms with Gasteiger partial charge in [0, 0.05) is 42.3 Å². The second kappa shape index (κ2) is 9.44. The number of nitrogens with zero attached hydrogens (tertiary/aromatic N) is 4. The summed E-state index contributed by atoms with van der Waals surface area (Å²) in [4.78, 5) is 25.6. The summed E-state index contributed by atoms with van der Waals surface area (Å²) in [5.74, 6) is 2.41. The number of hydrogen-bond donors (Lipinski definition) is 0. The minimum absolute atomic E-state index is 0.00626. The van der Waals surface area contributed by atoms with Crippen molar-refractivity contribution in [2.75, 3.05) is 31.6 Å². The van der Waals surface area contributed by atoms with E-state index in [2.05, 4.69) is 14.9 Å². The lowest BCUT2D eigenvalue weighted by atomic mass is 10.1. The van der Waals surface area contributed by atoms with Crippen LogP contribution in [0.25, 0.3) is 0 Å². The number of carbonyl (C=O) groups is 1. The first-order valence-electron chi connectivity index (χ1n) is 10.4. The average Bonchev–Trinajstić information content (AvgIpc) is 2.80. The molecule has 4 rings (SSSR count). The van der Waals surface area contributed by atoms with Gasteiger partial charge in [0.05, 0.1) is 7.11 Å². The zero-order valence-electron chi connectivity index (χ0n) is 18.3. The molecule has 0 N–H and O–H groups in total. The van der Waals surface area contributed by atoms with Crippen molar-refractivity contribution in [1.29, 1.82) is 0 Å². The molecule has 2 aromatic carbocycles. The summed E-state index contributed by atoms with van der Waals surface area (Å²) >= 11 is 6.05. The van der Waals surface area contributed by atoms with Crippen molar-refractivity contribution in [3.63, 3.8) is 0 Å². The van der Waals surface area contributed by atoms with E-state index in [0.717, 1.165) is 11.4 Å². The molecule has 7 nitrogen and oxygen atoms in total. The zero-order chi connectivity index (χ0) is 22.7. The van der Waals surface area contributed by atoms with E-state index in [4.69, 9.17) is 21.1 Å². The molecule has 2 heterocycles. The molecule has 0 spiro atoms. The van der Waals surface area contributed by atoms with Crippen LogP contribution in [0, 0.1) is 6.92 Å². The van der Waals surface area contributed by atoms with Gasteiger partial charge in [0.2, 0.25) is 5.88 Å². The number of methoxy groups -OCH3 is 1. The number of benzene rings is 2. The van der Waals surface area contributed by atoms with Gasteiger partial charge in [-0.1, -0.05) is 23.7 Å². The number of ether oxygens (including phenoxy) is 2. The van der Waals surface area contributed by atoms with Crippen molar-refractivity contribution >= 4 is 23.3 Å². The van der Waals surface area contributed by atoms with Gasteiger partial charge in [-0.05, 0) is 49.7 Å². The van der Waals surface area contributed by atoms with Crippen molar-refractivity contribution in [2.24, 2.45) is 0 Å². The maximum Gasteiger partial charge on any atom is 0.254 e. The molecule has 1 amide bonds. The summed E-state index contributed by atoms with van der Waals surface area (Å²) in [6.07, 6.45) is 1.49. The lowest BCUT2D eigenvalue weighted by Crippen LogP contribution is -2.54.